The Morgan fingerprint density at radius 3 is 2.62 bits per heavy atom. The van der Waals surface area contributed by atoms with E-state index in [4.69, 9.17) is 0 Å². The number of pyridine rings is 1. The first kappa shape index (κ1) is 16.4. The second-order valence-electron chi connectivity index (χ2n) is 6.85. The van der Waals surface area contributed by atoms with Crippen LogP contribution in [0.15, 0.2) is 34.2 Å². The van der Waals surface area contributed by atoms with Crippen LogP contribution in [0.2, 0.25) is 0 Å². The van der Waals surface area contributed by atoms with Crippen molar-refractivity contribution in [2.24, 2.45) is 13.0 Å². The van der Waals surface area contributed by atoms with Crippen LogP contribution < -0.4 is 11.2 Å². The molecule has 0 bridgehead atoms. The third-order valence-electron chi connectivity index (χ3n) is 4.78. The molecule has 0 aliphatic heterocycles. The zero-order valence-corrected chi connectivity index (χ0v) is 14.7. The number of fused-ring (bicyclic) bond motifs is 1. The molecule has 8 nitrogen and oxygen atoms in total. The summed E-state index contributed by atoms with van der Waals surface area (Å²) >= 11 is 0. The molecule has 1 aliphatic carbocycles. The molecule has 1 aliphatic rings. The maximum Gasteiger partial charge on any atom is 0.332 e. The van der Waals surface area contributed by atoms with E-state index in [2.05, 4.69) is 9.97 Å². The number of carbonyl (C=O) groups excluding carboxylic acids is 1. The lowest BCUT2D eigenvalue weighted by atomic mass is 10.2. The zero-order valence-electron chi connectivity index (χ0n) is 14.7. The summed E-state index contributed by atoms with van der Waals surface area (Å²) in [5.41, 5.74) is 1.12. The number of hydrogen-bond acceptors (Lipinski definition) is 5. The Hall–Kier alpha value is -3.03. The van der Waals surface area contributed by atoms with Crippen molar-refractivity contribution < 1.29 is 4.79 Å². The molecule has 3 aromatic heterocycles. The smallest absolute Gasteiger partial charge is 0.324 e. The standard InChI is InChI=1S/C18H19N5O3/c1-11(24)14-6-5-13(7-19-14)9-23-17(25)15-16(21(2)18(23)26)20-10-22(15)8-12-3-4-12/h5-7,10,12H,3-4,8-9H2,1-2H3. The average molecular weight is 353 g/mol. The minimum atomic E-state index is -0.421. The summed E-state index contributed by atoms with van der Waals surface area (Å²) in [6.07, 6.45) is 5.48. The van der Waals surface area contributed by atoms with Gasteiger partial charge in [-0.25, -0.2) is 9.78 Å². The Morgan fingerprint density at radius 2 is 2.00 bits per heavy atom. The van der Waals surface area contributed by atoms with E-state index in [-0.39, 0.29) is 17.9 Å². The molecule has 26 heavy (non-hydrogen) atoms. The fourth-order valence-electron chi connectivity index (χ4n) is 3.09. The van der Waals surface area contributed by atoms with Crippen LogP contribution in [0.4, 0.5) is 0 Å². The number of hydrogen-bond donors (Lipinski definition) is 0. The van der Waals surface area contributed by atoms with Gasteiger partial charge in [0.25, 0.3) is 5.56 Å². The molecule has 4 rings (SSSR count). The second kappa shape index (κ2) is 6.05. The van der Waals surface area contributed by atoms with Crippen molar-refractivity contribution in [2.75, 3.05) is 0 Å². The molecule has 0 spiro atoms. The van der Waals surface area contributed by atoms with Crippen molar-refractivity contribution in [3.05, 3.63) is 56.8 Å². The van der Waals surface area contributed by atoms with Crippen molar-refractivity contribution in [1.82, 2.24) is 23.7 Å². The van der Waals surface area contributed by atoms with Crippen molar-refractivity contribution in [3.8, 4) is 0 Å². The summed E-state index contributed by atoms with van der Waals surface area (Å²) in [4.78, 5) is 45.3. The Kier molecular flexibility index (Phi) is 3.82. The van der Waals surface area contributed by atoms with Gasteiger partial charge in [0, 0.05) is 26.7 Å². The van der Waals surface area contributed by atoms with Crippen LogP contribution in [0, 0.1) is 5.92 Å². The van der Waals surface area contributed by atoms with Crippen LogP contribution in [0.1, 0.15) is 35.8 Å². The predicted molar refractivity (Wildman–Crippen MR) is 95.3 cm³/mol. The maximum atomic E-state index is 13.0. The summed E-state index contributed by atoms with van der Waals surface area (Å²) in [5, 5.41) is 0. The average Bonchev–Trinajstić information content (AvgIpc) is 3.34. The van der Waals surface area contributed by atoms with Crippen LogP contribution in [-0.2, 0) is 20.1 Å². The van der Waals surface area contributed by atoms with E-state index in [0.717, 1.165) is 19.4 Å². The van der Waals surface area contributed by atoms with Gasteiger partial charge in [0.15, 0.2) is 16.9 Å². The molecule has 1 fully saturated rings. The number of rotatable bonds is 5. The number of ketones is 1. The van der Waals surface area contributed by atoms with E-state index in [1.165, 1.54) is 22.3 Å². The van der Waals surface area contributed by atoms with Gasteiger partial charge in [-0.2, -0.15) is 0 Å². The zero-order chi connectivity index (χ0) is 18.4. The van der Waals surface area contributed by atoms with Crippen molar-refractivity contribution >= 4 is 16.9 Å². The third-order valence-corrected chi connectivity index (χ3v) is 4.78. The first-order valence-corrected chi connectivity index (χ1v) is 8.56. The lowest BCUT2D eigenvalue weighted by Crippen LogP contribution is -2.40. The van der Waals surface area contributed by atoms with E-state index in [0.29, 0.717) is 28.3 Å². The van der Waals surface area contributed by atoms with Gasteiger partial charge in [-0.15, -0.1) is 0 Å². The molecule has 0 aromatic carbocycles. The lowest BCUT2D eigenvalue weighted by molar-refractivity contribution is 0.101. The van der Waals surface area contributed by atoms with Crippen LogP contribution in [0.5, 0.6) is 0 Å². The first-order chi connectivity index (χ1) is 12.5. The summed E-state index contributed by atoms with van der Waals surface area (Å²) in [6.45, 7) is 2.29. The normalized spacial score (nSPS) is 14.1. The lowest BCUT2D eigenvalue weighted by Gasteiger charge is -2.10. The Morgan fingerprint density at radius 1 is 1.23 bits per heavy atom. The number of aromatic nitrogens is 5. The third kappa shape index (κ3) is 2.77. The topological polar surface area (TPSA) is 91.8 Å². The van der Waals surface area contributed by atoms with Crippen LogP contribution >= 0.6 is 0 Å². The summed E-state index contributed by atoms with van der Waals surface area (Å²) in [7, 11) is 1.62. The van der Waals surface area contributed by atoms with Crippen molar-refractivity contribution in [1.29, 1.82) is 0 Å². The maximum absolute atomic E-state index is 13.0. The number of aryl methyl sites for hydroxylation is 1. The number of imidazole rings is 1. The highest BCUT2D eigenvalue weighted by molar-refractivity contribution is 5.91. The predicted octanol–water partition coefficient (Wildman–Crippen LogP) is 0.953. The Balaban J connectivity index is 1.79. The highest BCUT2D eigenvalue weighted by Gasteiger charge is 2.24. The van der Waals surface area contributed by atoms with Crippen LogP contribution in [-0.4, -0.2) is 29.5 Å². The summed E-state index contributed by atoms with van der Waals surface area (Å²) in [6, 6.07) is 3.31. The first-order valence-electron chi connectivity index (χ1n) is 8.56. The SMILES string of the molecule is CC(=O)c1ccc(Cn2c(=O)c3c(ncn3CC3CC3)n(C)c2=O)cn1. The van der Waals surface area contributed by atoms with E-state index in [9.17, 15) is 14.4 Å². The Labute approximate surface area is 148 Å². The van der Waals surface area contributed by atoms with Gasteiger partial charge in [-0.1, -0.05) is 6.07 Å². The number of nitrogens with zero attached hydrogens (tertiary/aromatic N) is 5. The number of Topliss-reactive ketones (excluding diaryl/α,β-unsaturated/α-hetero) is 1. The monoisotopic (exact) mass is 353 g/mol. The molecule has 3 aromatic rings. The minimum Gasteiger partial charge on any atom is -0.324 e. The highest BCUT2D eigenvalue weighted by Crippen LogP contribution is 2.31. The number of carbonyl (C=O) groups is 1. The van der Waals surface area contributed by atoms with E-state index in [1.807, 2.05) is 4.57 Å². The fourth-order valence-corrected chi connectivity index (χ4v) is 3.09. The fraction of sp³-hybridized carbons (Fsp3) is 0.389. The van der Waals surface area contributed by atoms with Gasteiger partial charge in [-0.05, 0) is 30.4 Å². The summed E-state index contributed by atoms with van der Waals surface area (Å²) < 4.78 is 4.44. The molecule has 0 amide bonds. The van der Waals surface area contributed by atoms with Gasteiger partial charge in [0.2, 0.25) is 0 Å². The van der Waals surface area contributed by atoms with Gasteiger partial charge in [-0.3, -0.25) is 23.7 Å². The van der Waals surface area contributed by atoms with Gasteiger partial charge < -0.3 is 4.57 Å². The quantitative estimate of drug-likeness (QED) is 0.637. The molecular formula is C18H19N5O3. The van der Waals surface area contributed by atoms with Gasteiger partial charge in [0.05, 0.1) is 12.9 Å². The van der Waals surface area contributed by atoms with Crippen molar-refractivity contribution in [3.63, 3.8) is 0 Å². The molecule has 0 radical (unpaired) electrons. The minimum absolute atomic E-state index is 0.0985. The molecular weight excluding hydrogens is 334 g/mol. The summed E-state index contributed by atoms with van der Waals surface area (Å²) in [5.74, 6) is 0.454. The van der Waals surface area contributed by atoms with E-state index >= 15 is 0 Å². The largest absolute Gasteiger partial charge is 0.332 e. The van der Waals surface area contributed by atoms with Gasteiger partial charge >= 0.3 is 5.69 Å². The van der Waals surface area contributed by atoms with E-state index in [1.54, 1.807) is 25.5 Å². The molecule has 134 valence electrons. The van der Waals surface area contributed by atoms with E-state index < -0.39 is 5.69 Å². The second-order valence-corrected chi connectivity index (χ2v) is 6.85. The molecule has 8 heteroatoms. The van der Waals surface area contributed by atoms with Crippen LogP contribution in [0.25, 0.3) is 11.2 Å². The highest BCUT2D eigenvalue weighted by atomic mass is 16.2. The molecule has 3 heterocycles. The molecule has 0 unspecified atom stereocenters. The van der Waals surface area contributed by atoms with Crippen LogP contribution in [0.3, 0.4) is 0 Å². The molecule has 1 saturated carbocycles. The Bertz CT molecular complexity index is 1120. The van der Waals surface area contributed by atoms with Gasteiger partial charge in [0.1, 0.15) is 5.69 Å². The molecule has 0 atom stereocenters. The molecule has 0 N–H and O–H groups in total. The van der Waals surface area contributed by atoms with Crippen molar-refractivity contribution in [2.45, 2.75) is 32.9 Å². The molecule has 0 saturated heterocycles.